The van der Waals surface area contributed by atoms with Gasteiger partial charge >= 0.3 is 0 Å². The van der Waals surface area contributed by atoms with Gasteiger partial charge in [-0.05, 0) is 44.8 Å². The second-order valence-electron chi connectivity index (χ2n) is 5.71. The summed E-state index contributed by atoms with van der Waals surface area (Å²) in [4.78, 5) is 2.49. The molecule has 19 heavy (non-hydrogen) atoms. The molecule has 0 aromatic rings. The quantitative estimate of drug-likeness (QED) is 0.581. The van der Waals surface area contributed by atoms with Gasteiger partial charge in [-0.1, -0.05) is 13.8 Å². The van der Waals surface area contributed by atoms with Crippen LogP contribution in [0.3, 0.4) is 0 Å². The van der Waals surface area contributed by atoms with E-state index in [9.17, 15) is 0 Å². The first-order valence-electron chi connectivity index (χ1n) is 7.87. The summed E-state index contributed by atoms with van der Waals surface area (Å²) >= 11 is 0. The number of ether oxygens (including phenoxy) is 2. The fourth-order valence-electron chi connectivity index (χ4n) is 2.10. The Morgan fingerprint density at radius 2 is 1.84 bits per heavy atom. The Labute approximate surface area is 118 Å². The van der Waals surface area contributed by atoms with Gasteiger partial charge in [0.15, 0.2) is 0 Å². The molecular weight excluding hydrogens is 240 g/mol. The van der Waals surface area contributed by atoms with Gasteiger partial charge < -0.3 is 14.8 Å². The summed E-state index contributed by atoms with van der Waals surface area (Å²) in [5.74, 6) is 0.748. The maximum absolute atomic E-state index is 5.58. The van der Waals surface area contributed by atoms with Crippen LogP contribution in [0.25, 0.3) is 0 Å². The third-order valence-electron chi connectivity index (χ3n) is 3.41. The molecular formula is C15H32N2O2. The van der Waals surface area contributed by atoms with E-state index in [4.69, 9.17) is 9.47 Å². The highest BCUT2D eigenvalue weighted by Crippen LogP contribution is 1.99. The van der Waals surface area contributed by atoms with Gasteiger partial charge in [-0.15, -0.1) is 0 Å². The molecule has 0 atom stereocenters. The Morgan fingerprint density at radius 1 is 1.11 bits per heavy atom. The Hall–Kier alpha value is -0.160. The fourth-order valence-corrected chi connectivity index (χ4v) is 2.10. The molecule has 0 bridgehead atoms. The molecule has 4 nitrogen and oxygen atoms in total. The molecule has 0 aliphatic carbocycles. The van der Waals surface area contributed by atoms with Gasteiger partial charge in [0.2, 0.25) is 0 Å². The van der Waals surface area contributed by atoms with Crippen molar-refractivity contribution in [1.29, 1.82) is 0 Å². The summed E-state index contributed by atoms with van der Waals surface area (Å²) in [6, 6.07) is 0. The van der Waals surface area contributed by atoms with E-state index >= 15 is 0 Å². The van der Waals surface area contributed by atoms with Crippen molar-refractivity contribution in [3.63, 3.8) is 0 Å². The lowest BCUT2D eigenvalue weighted by atomic mass is 10.1. The number of nitrogens with one attached hydrogen (secondary N) is 1. The van der Waals surface area contributed by atoms with Gasteiger partial charge in [0.1, 0.15) is 0 Å². The predicted molar refractivity (Wildman–Crippen MR) is 79.6 cm³/mol. The maximum Gasteiger partial charge on any atom is 0.0594 e. The normalized spacial score (nSPS) is 17.2. The zero-order chi connectivity index (χ0) is 13.8. The van der Waals surface area contributed by atoms with Crippen molar-refractivity contribution in [2.24, 2.45) is 5.92 Å². The lowest BCUT2D eigenvalue weighted by molar-refractivity contribution is 0.0374. The van der Waals surface area contributed by atoms with E-state index < -0.39 is 0 Å². The first kappa shape index (κ1) is 16.9. The van der Waals surface area contributed by atoms with Crippen molar-refractivity contribution in [3.05, 3.63) is 0 Å². The van der Waals surface area contributed by atoms with Crippen molar-refractivity contribution in [2.75, 3.05) is 59.2 Å². The Kier molecular flexibility index (Phi) is 10.4. The highest BCUT2D eigenvalue weighted by Gasteiger charge is 2.08. The minimum Gasteiger partial charge on any atom is -0.381 e. The Morgan fingerprint density at radius 3 is 2.58 bits per heavy atom. The van der Waals surface area contributed by atoms with Gasteiger partial charge in [0, 0.05) is 26.3 Å². The number of hydrogen-bond donors (Lipinski definition) is 1. The zero-order valence-electron chi connectivity index (χ0n) is 12.8. The number of morpholine rings is 1. The molecule has 1 rings (SSSR count). The third kappa shape index (κ3) is 10.3. The average Bonchev–Trinajstić information content (AvgIpc) is 2.42. The Bertz CT molecular complexity index is 195. The first-order chi connectivity index (χ1) is 9.29. The van der Waals surface area contributed by atoms with Crippen LogP contribution in [-0.2, 0) is 9.47 Å². The summed E-state index contributed by atoms with van der Waals surface area (Å²) in [5.41, 5.74) is 0. The topological polar surface area (TPSA) is 33.7 Å². The molecule has 1 aliphatic rings. The van der Waals surface area contributed by atoms with Crippen LogP contribution in [0.1, 0.15) is 33.1 Å². The van der Waals surface area contributed by atoms with Gasteiger partial charge in [-0.2, -0.15) is 0 Å². The minimum atomic E-state index is 0.748. The molecule has 114 valence electrons. The van der Waals surface area contributed by atoms with E-state index in [1.54, 1.807) is 0 Å². The van der Waals surface area contributed by atoms with Crippen molar-refractivity contribution < 1.29 is 9.47 Å². The van der Waals surface area contributed by atoms with E-state index in [1.165, 1.54) is 19.4 Å². The monoisotopic (exact) mass is 272 g/mol. The molecule has 1 aliphatic heterocycles. The standard InChI is InChI=1S/C15H32N2O2/c1-15(2)5-12-18-11-4-7-16-6-3-8-17-9-13-19-14-10-17/h15-16H,3-14H2,1-2H3. The average molecular weight is 272 g/mol. The molecule has 1 saturated heterocycles. The van der Waals surface area contributed by atoms with Gasteiger partial charge in [0.25, 0.3) is 0 Å². The number of hydrogen-bond acceptors (Lipinski definition) is 4. The molecule has 1 heterocycles. The van der Waals surface area contributed by atoms with Crippen molar-refractivity contribution in [3.8, 4) is 0 Å². The highest BCUT2D eigenvalue weighted by molar-refractivity contribution is 4.62. The zero-order valence-corrected chi connectivity index (χ0v) is 12.8. The van der Waals surface area contributed by atoms with Gasteiger partial charge in [-0.3, -0.25) is 4.90 Å². The lowest BCUT2D eigenvalue weighted by Crippen LogP contribution is -2.37. The fraction of sp³-hybridized carbons (Fsp3) is 1.00. The summed E-state index contributed by atoms with van der Waals surface area (Å²) in [5, 5.41) is 3.49. The molecule has 0 aromatic carbocycles. The first-order valence-corrected chi connectivity index (χ1v) is 7.87. The molecule has 0 spiro atoms. The second kappa shape index (κ2) is 11.6. The lowest BCUT2D eigenvalue weighted by Gasteiger charge is -2.26. The minimum absolute atomic E-state index is 0.748. The summed E-state index contributed by atoms with van der Waals surface area (Å²) in [6.07, 6.45) is 3.52. The van der Waals surface area contributed by atoms with Crippen LogP contribution in [0.5, 0.6) is 0 Å². The van der Waals surface area contributed by atoms with Crippen molar-refractivity contribution in [1.82, 2.24) is 10.2 Å². The molecule has 0 amide bonds. The van der Waals surface area contributed by atoms with Crippen molar-refractivity contribution in [2.45, 2.75) is 33.1 Å². The molecule has 0 aromatic heterocycles. The highest BCUT2D eigenvalue weighted by atomic mass is 16.5. The van der Waals surface area contributed by atoms with Crippen LogP contribution in [0.15, 0.2) is 0 Å². The molecule has 4 heteroatoms. The predicted octanol–water partition coefficient (Wildman–Crippen LogP) is 1.75. The van der Waals surface area contributed by atoms with E-state index in [0.29, 0.717) is 0 Å². The number of nitrogens with zero attached hydrogens (tertiary/aromatic N) is 1. The molecule has 1 N–H and O–H groups in total. The summed E-state index contributed by atoms with van der Waals surface area (Å²) in [6.45, 7) is 13.7. The van der Waals surface area contributed by atoms with E-state index in [2.05, 4.69) is 24.1 Å². The number of rotatable bonds is 11. The maximum atomic E-state index is 5.58. The van der Waals surface area contributed by atoms with E-state index in [0.717, 1.165) is 64.9 Å². The third-order valence-corrected chi connectivity index (χ3v) is 3.41. The molecule has 0 radical (unpaired) electrons. The van der Waals surface area contributed by atoms with Gasteiger partial charge in [-0.25, -0.2) is 0 Å². The molecule has 0 saturated carbocycles. The van der Waals surface area contributed by atoms with Crippen LogP contribution < -0.4 is 5.32 Å². The van der Waals surface area contributed by atoms with Crippen LogP contribution in [-0.4, -0.2) is 64.1 Å². The largest absolute Gasteiger partial charge is 0.381 e. The smallest absolute Gasteiger partial charge is 0.0594 e. The Balaban J connectivity index is 1.73. The van der Waals surface area contributed by atoms with Crippen LogP contribution in [0.4, 0.5) is 0 Å². The SMILES string of the molecule is CC(C)CCOCCCNCCCN1CCOCC1. The van der Waals surface area contributed by atoms with Crippen LogP contribution in [0, 0.1) is 5.92 Å². The van der Waals surface area contributed by atoms with E-state index in [1.807, 2.05) is 0 Å². The molecule has 1 fully saturated rings. The summed E-state index contributed by atoms with van der Waals surface area (Å²) < 4.78 is 10.9. The van der Waals surface area contributed by atoms with Crippen LogP contribution in [0.2, 0.25) is 0 Å². The van der Waals surface area contributed by atoms with Gasteiger partial charge in [0.05, 0.1) is 13.2 Å². The van der Waals surface area contributed by atoms with E-state index in [-0.39, 0.29) is 0 Å². The molecule has 0 unspecified atom stereocenters. The summed E-state index contributed by atoms with van der Waals surface area (Å²) in [7, 11) is 0. The van der Waals surface area contributed by atoms with Crippen molar-refractivity contribution >= 4 is 0 Å². The second-order valence-corrected chi connectivity index (χ2v) is 5.71. The van der Waals surface area contributed by atoms with Crippen LogP contribution >= 0.6 is 0 Å².